The van der Waals surface area contributed by atoms with E-state index in [-0.39, 0.29) is 12.2 Å². The van der Waals surface area contributed by atoms with E-state index < -0.39 is 32.4 Å². The molecule has 1 unspecified atom stereocenters. The molecule has 1 aliphatic carbocycles. The fourth-order valence-electron chi connectivity index (χ4n) is 1.63. The Hall–Kier alpha value is -1.11. The second-order valence-electron chi connectivity index (χ2n) is 4.54. The number of hydrogen-bond acceptors (Lipinski definition) is 5. The van der Waals surface area contributed by atoms with E-state index >= 15 is 0 Å². The number of rotatable bonds is 6. The number of esters is 1. The van der Waals surface area contributed by atoms with Crippen LogP contribution < -0.4 is 0 Å². The van der Waals surface area contributed by atoms with Crippen molar-refractivity contribution < 1.29 is 27.9 Å². The van der Waals surface area contributed by atoms with Crippen LogP contribution >= 0.6 is 0 Å². The van der Waals surface area contributed by atoms with Gasteiger partial charge in [-0.05, 0) is 25.2 Å². The van der Waals surface area contributed by atoms with E-state index in [1.807, 2.05) is 0 Å². The van der Waals surface area contributed by atoms with E-state index in [9.17, 15) is 18.0 Å². The Balaban J connectivity index is 2.71. The Bertz CT molecular complexity index is 420. The Morgan fingerprint density at radius 3 is 2.29 bits per heavy atom. The summed E-state index contributed by atoms with van der Waals surface area (Å²) in [7, 11) is -2.47. The van der Waals surface area contributed by atoms with Gasteiger partial charge in [0.15, 0.2) is 15.1 Å². The topological polar surface area (TPSA) is 97.7 Å². The zero-order valence-electron chi connectivity index (χ0n) is 9.80. The van der Waals surface area contributed by atoms with Crippen LogP contribution in [0.2, 0.25) is 0 Å². The molecule has 6 nitrogen and oxygen atoms in total. The summed E-state index contributed by atoms with van der Waals surface area (Å²) in [4.78, 5) is 21.8. The number of carbonyl (C=O) groups excluding carboxylic acids is 1. The highest BCUT2D eigenvalue weighted by molar-refractivity contribution is 7.92. The molecule has 1 atom stereocenters. The van der Waals surface area contributed by atoms with Crippen LogP contribution in [0.5, 0.6) is 0 Å². The maximum atomic E-state index is 11.8. The summed E-state index contributed by atoms with van der Waals surface area (Å²) in [5, 5.41) is 7.26. The zero-order chi connectivity index (χ0) is 13.3. The first-order chi connectivity index (χ1) is 7.72. The standard InChI is InChI=1S/C10H16O6S/c1-7(9(12)13)17(14,15)6-10(3-4-10)5-8(11)16-2/h7H,3-6H2,1-2H3,(H,12,13). The van der Waals surface area contributed by atoms with Gasteiger partial charge < -0.3 is 9.84 Å². The van der Waals surface area contributed by atoms with E-state index in [4.69, 9.17) is 5.11 Å². The van der Waals surface area contributed by atoms with Crippen LogP contribution in [-0.4, -0.2) is 43.6 Å². The van der Waals surface area contributed by atoms with Gasteiger partial charge in [0.05, 0.1) is 19.3 Å². The van der Waals surface area contributed by atoms with Crippen molar-refractivity contribution in [3.8, 4) is 0 Å². The molecule has 0 bridgehead atoms. The molecular formula is C10H16O6S. The van der Waals surface area contributed by atoms with Crippen molar-refractivity contribution in [1.29, 1.82) is 0 Å². The molecule has 0 aliphatic heterocycles. The van der Waals surface area contributed by atoms with Gasteiger partial charge in [-0.1, -0.05) is 0 Å². The first-order valence-corrected chi connectivity index (χ1v) is 6.95. The smallest absolute Gasteiger partial charge is 0.321 e. The molecule has 0 aromatic heterocycles. The Kier molecular flexibility index (Phi) is 3.81. The lowest BCUT2D eigenvalue weighted by Gasteiger charge is -2.15. The molecule has 0 saturated heterocycles. The maximum Gasteiger partial charge on any atom is 0.321 e. The molecule has 17 heavy (non-hydrogen) atoms. The molecular weight excluding hydrogens is 248 g/mol. The van der Waals surface area contributed by atoms with Crippen LogP contribution in [0.1, 0.15) is 26.2 Å². The highest BCUT2D eigenvalue weighted by atomic mass is 32.2. The molecule has 7 heteroatoms. The van der Waals surface area contributed by atoms with Gasteiger partial charge >= 0.3 is 11.9 Å². The van der Waals surface area contributed by atoms with Gasteiger partial charge in [0.1, 0.15) is 0 Å². The fraction of sp³-hybridized carbons (Fsp3) is 0.800. The van der Waals surface area contributed by atoms with Crippen LogP contribution in [0.25, 0.3) is 0 Å². The molecule has 1 fully saturated rings. The molecule has 0 spiro atoms. The summed E-state index contributed by atoms with van der Waals surface area (Å²) in [5.74, 6) is -2.08. The highest BCUT2D eigenvalue weighted by Crippen LogP contribution is 2.50. The quantitative estimate of drug-likeness (QED) is 0.689. The van der Waals surface area contributed by atoms with Crippen LogP contribution in [-0.2, 0) is 24.2 Å². The molecule has 0 amide bonds. The van der Waals surface area contributed by atoms with Gasteiger partial charge in [0.25, 0.3) is 0 Å². The average molecular weight is 264 g/mol. The molecule has 98 valence electrons. The second-order valence-corrected chi connectivity index (χ2v) is 6.86. The number of hydrogen-bond donors (Lipinski definition) is 1. The lowest BCUT2D eigenvalue weighted by atomic mass is 10.1. The third-order valence-electron chi connectivity index (χ3n) is 3.10. The molecule has 0 radical (unpaired) electrons. The maximum absolute atomic E-state index is 11.8. The SMILES string of the molecule is COC(=O)CC1(CS(=O)(=O)C(C)C(=O)O)CC1. The predicted molar refractivity (Wildman–Crippen MR) is 59.2 cm³/mol. The van der Waals surface area contributed by atoms with E-state index in [0.29, 0.717) is 12.8 Å². The Labute approximate surface area is 99.9 Å². The van der Waals surface area contributed by atoms with Crippen molar-refractivity contribution in [2.75, 3.05) is 12.9 Å². The summed E-state index contributed by atoms with van der Waals surface area (Å²) in [6.45, 7) is 1.14. The van der Waals surface area contributed by atoms with Gasteiger partial charge in [-0.2, -0.15) is 0 Å². The number of carbonyl (C=O) groups is 2. The predicted octanol–water partition coefficient (Wildman–Crippen LogP) is 0.218. The third kappa shape index (κ3) is 3.42. The van der Waals surface area contributed by atoms with Gasteiger partial charge in [-0.15, -0.1) is 0 Å². The number of ether oxygens (including phenoxy) is 1. The van der Waals surface area contributed by atoms with Crippen molar-refractivity contribution in [2.45, 2.75) is 31.4 Å². The minimum Gasteiger partial charge on any atom is -0.480 e. The van der Waals surface area contributed by atoms with Crippen molar-refractivity contribution in [3.63, 3.8) is 0 Å². The van der Waals surface area contributed by atoms with Crippen molar-refractivity contribution in [3.05, 3.63) is 0 Å². The van der Waals surface area contributed by atoms with E-state index in [1.54, 1.807) is 0 Å². The van der Waals surface area contributed by atoms with Crippen molar-refractivity contribution in [2.24, 2.45) is 5.41 Å². The normalized spacial score (nSPS) is 19.4. The summed E-state index contributed by atoms with van der Waals surface area (Å²) in [6.07, 6.45) is 1.27. The summed E-state index contributed by atoms with van der Waals surface area (Å²) < 4.78 is 28.0. The Morgan fingerprint density at radius 2 is 1.94 bits per heavy atom. The number of carboxylic acid groups (broad SMARTS) is 1. The highest BCUT2D eigenvalue weighted by Gasteiger charge is 2.49. The van der Waals surface area contributed by atoms with Gasteiger partial charge in [-0.3, -0.25) is 9.59 Å². The van der Waals surface area contributed by atoms with E-state index in [0.717, 1.165) is 6.92 Å². The summed E-state index contributed by atoms with van der Waals surface area (Å²) in [5.41, 5.74) is -0.602. The summed E-state index contributed by atoms with van der Waals surface area (Å²) >= 11 is 0. The Morgan fingerprint density at radius 1 is 1.41 bits per heavy atom. The van der Waals surface area contributed by atoms with Crippen molar-refractivity contribution in [1.82, 2.24) is 0 Å². The second kappa shape index (κ2) is 4.64. The first-order valence-electron chi connectivity index (χ1n) is 5.24. The third-order valence-corrected chi connectivity index (χ3v) is 5.39. The van der Waals surface area contributed by atoms with E-state index in [1.165, 1.54) is 7.11 Å². The van der Waals surface area contributed by atoms with Crippen LogP contribution in [0.3, 0.4) is 0 Å². The van der Waals surface area contributed by atoms with Crippen LogP contribution in [0.15, 0.2) is 0 Å². The molecule has 1 aliphatic rings. The fourth-order valence-corrected chi connectivity index (χ4v) is 3.43. The van der Waals surface area contributed by atoms with Crippen LogP contribution in [0.4, 0.5) is 0 Å². The van der Waals surface area contributed by atoms with E-state index in [2.05, 4.69) is 4.74 Å². The number of methoxy groups -OCH3 is 1. The van der Waals surface area contributed by atoms with Crippen molar-refractivity contribution >= 4 is 21.8 Å². The van der Waals surface area contributed by atoms with Crippen LogP contribution in [0, 0.1) is 5.41 Å². The molecule has 1 rings (SSSR count). The monoisotopic (exact) mass is 264 g/mol. The van der Waals surface area contributed by atoms with Gasteiger partial charge in [-0.25, -0.2) is 8.42 Å². The minimum atomic E-state index is -3.72. The largest absolute Gasteiger partial charge is 0.480 e. The molecule has 0 aromatic carbocycles. The summed E-state index contributed by atoms with van der Waals surface area (Å²) in [6, 6.07) is 0. The minimum absolute atomic E-state index is 0.0368. The number of sulfone groups is 1. The van der Waals surface area contributed by atoms with Gasteiger partial charge in [0.2, 0.25) is 0 Å². The average Bonchev–Trinajstić information content (AvgIpc) is 2.95. The molecule has 1 saturated carbocycles. The molecule has 1 N–H and O–H groups in total. The first kappa shape index (κ1) is 14.0. The zero-order valence-corrected chi connectivity index (χ0v) is 10.6. The van der Waals surface area contributed by atoms with Gasteiger partial charge in [0, 0.05) is 0 Å². The number of aliphatic carboxylic acids is 1. The molecule has 0 heterocycles. The lowest BCUT2D eigenvalue weighted by molar-refractivity contribution is -0.141. The number of carboxylic acids is 1. The lowest BCUT2D eigenvalue weighted by Crippen LogP contribution is -2.33. The molecule has 0 aromatic rings.